The highest BCUT2D eigenvalue weighted by molar-refractivity contribution is 7.93. The van der Waals surface area contributed by atoms with Crippen LogP contribution in [0, 0.1) is 0 Å². The number of morpholine rings is 1. The van der Waals surface area contributed by atoms with Crippen molar-refractivity contribution in [2.24, 2.45) is 0 Å². The molecule has 2 aliphatic rings. The van der Waals surface area contributed by atoms with E-state index in [0.717, 1.165) is 7.11 Å². The van der Waals surface area contributed by atoms with Gasteiger partial charge in [0.25, 0.3) is 0 Å². The second-order valence-electron chi connectivity index (χ2n) is 6.33. The number of sulfone groups is 1. The van der Waals surface area contributed by atoms with Gasteiger partial charge in [-0.1, -0.05) is 0 Å². The molecule has 25 heavy (non-hydrogen) atoms. The predicted molar refractivity (Wildman–Crippen MR) is 91.4 cm³/mol. The average Bonchev–Trinajstić information content (AvgIpc) is 3.36. The maximum Gasteiger partial charge on any atom is 0.320 e. The molecule has 10 heteroatoms. The van der Waals surface area contributed by atoms with Crippen molar-refractivity contribution >= 4 is 33.2 Å². The summed E-state index contributed by atoms with van der Waals surface area (Å²) >= 11 is 6.07. The molecule has 0 N–H and O–H groups in total. The van der Waals surface area contributed by atoms with Crippen molar-refractivity contribution in [2.45, 2.75) is 30.6 Å². The predicted octanol–water partition coefficient (Wildman–Crippen LogP) is 0.932. The number of methoxy groups -OCH3 is 1. The van der Waals surface area contributed by atoms with Gasteiger partial charge in [-0.3, -0.25) is 4.79 Å². The summed E-state index contributed by atoms with van der Waals surface area (Å²) in [5.41, 5.74) is 0.338. The summed E-state index contributed by atoms with van der Waals surface area (Å²) < 4.78 is 34.2. The Morgan fingerprint density at radius 1 is 1.48 bits per heavy atom. The van der Waals surface area contributed by atoms with Crippen LogP contribution in [0.3, 0.4) is 0 Å². The first kappa shape index (κ1) is 18.3. The lowest BCUT2D eigenvalue weighted by molar-refractivity contribution is -0.137. The van der Waals surface area contributed by atoms with Crippen molar-refractivity contribution in [3.63, 3.8) is 0 Å². The number of rotatable bonds is 5. The van der Waals surface area contributed by atoms with Gasteiger partial charge in [0.15, 0.2) is 9.84 Å². The third-order valence-electron chi connectivity index (χ3n) is 4.65. The van der Waals surface area contributed by atoms with Crippen LogP contribution in [0.1, 0.15) is 25.5 Å². The van der Waals surface area contributed by atoms with E-state index in [1.807, 2.05) is 11.8 Å². The van der Waals surface area contributed by atoms with Crippen molar-refractivity contribution in [1.29, 1.82) is 0 Å². The Morgan fingerprint density at radius 3 is 2.80 bits per heavy atom. The van der Waals surface area contributed by atoms with Crippen LogP contribution in [0.5, 0.6) is 0 Å². The molecule has 0 spiro atoms. The number of hydrogen-bond acceptors (Lipinski definition) is 8. The minimum atomic E-state index is -3.76. The van der Waals surface area contributed by atoms with Gasteiger partial charge in [-0.15, -0.1) is 0 Å². The van der Waals surface area contributed by atoms with E-state index >= 15 is 0 Å². The van der Waals surface area contributed by atoms with Gasteiger partial charge < -0.3 is 14.4 Å². The third kappa shape index (κ3) is 3.45. The minimum Gasteiger partial charge on any atom is -0.468 e. The summed E-state index contributed by atoms with van der Waals surface area (Å²) in [5, 5.41) is -0.00858. The zero-order valence-corrected chi connectivity index (χ0v) is 15.6. The smallest absolute Gasteiger partial charge is 0.320 e. The number of aromatic nitrogens is 2. The number of carbonyl (C=O) groups excluding carboxylic acids is 1. The van der Waals surface area contributed by atoms with Crippen LogP contribution in [0.4, 0.5) is 5.82 Å². The topological polar surface area (TPSA) is 98.7 Å². The quantitative estimate of drug-likeness (QED) is 0.541. The van der Waals surface area contributed by atoms with E-state index < -0.39 is 26.3 Å². The fourth-order valence-corrected chi connectivity index (χ4v) is 5.08. The van der Waals surface area contributed by atoms with E-state index in [9.17, 15) is 13.2 Å². The molecule has 1 aromatic rings. The summed E-state index contributed by atoms with van der Waals surface area (Å²) in [7, 11) is -2.59. The molecule has 0 aromatic carbocycles. The normalized spacial score (nSPS) is 22.5. The van der Waals surface area contributed by atoms with Crippen LogP contribution < -0.4 is 4.90 Å². The van der Waals surface area contributed by atoms with E-state index in [-0.39, 0.29) is 11.3 Å². The molecule has 1 atom stereocenters. The second-order valence-corrected chi connectivity index (χ2v) is 8.96. The molecule has 0 bridgehead atoms. The number of hydrogen-bond donors (Lipinski definition) is 0. The number of halogens is 1. The second kappa shape index (κ2) is 6.69. The third-order valence-corrected chi connectivity index (χ3v) is 7.24. The van der Waals surface area contributed by atoms with Crippen molar-refractivity contribution in [3.05, 3.63) is 17.0 Å². The van der Waals surface area contributed by atoms with E-state index in [2.05, 4.69) is 14.7 Å². The fraction of sp³-hybridized carbons (Fsp3) is 0.667. The molecule has 8 nitrogen and oxygen atoms in total. The summed E-state index contributed by atoms with van der Waals surface area (Å²) in [6, 6.07) is 1.75. The van der Waals surface area contributed by atoms with E-state index in [1.165, 1.54) is 0 Å². The summed E-state index contributed by atoms with van der Waals surface area (Å²) in [5.74, 6) is -0.882. The van der Waals surface area contributed by atoms with Crippen LogP contribution in [-0.2, 0) is 28.9 Å². The Labute approximate surface area is 151 Å². The van der Waals surface area contributed by atoms with Crippen LogP contribution >= 0.6 is 11.6 Å². The molecule has 1 aliphatic heterocycles. The maximum absolute atomic E-state index is 12.7. The first-order chi connectivity index (χ1) is 11.8. The molecular formula is C15H20ClN3O5S. The maximum atomic E-state index is 12.7. The van der Waals surface area contributed by atoms with Gasteiger partial charge in [0, 0.05) is 12.6 Å². The molecule has 1 aliphatic carbocycles. The number of ether oxygens (including phenoxy) is 2. The zero-order valence-electron chi connectivity index (χ0n) is 14.1. The van der Waals surface area contributed by atoms with E-state index in [4.69, 9.17) is 16.3 Å². The first-order valence-electron chi connectivity index (χ1n) is 7.98. The standard InChI is InChI=1S/C15H20ClN3O5S/c1-10-8-24-6-5-19(10)12-7-11(17-14(16)18-12)15(3-4-15)25(21,22)9-13(20)23-2/h7,10H,3-6,8-9H2,1-2H3/t10-/m0/s1. The van der Waals surface area contributed by atoms with Gasteiger partial charge in [-0.2, -0.15) is 0 Å². The fourth-order valence-electron chi connectivity index (χ4n) is 3.05. The highest BCUT2D eigenvalue weighted by atomic mass is 35.5. The molecule has 138 valence electrons. The minimum absolute atomic E-state index is 0.00858. The number of anilines is 1. The monoisotopic (exact) mass is 389 g/mol. The lowest BCUT2D eigenvalue weighted by Gasteiger charge is -2.34. The first-order valence-corrected chi connectivity index (χ1v) is 10.0. The molecule has 1 aromatic heterocycles. The van der Waals surface area contributed by atoms with Crippen molar-refractivity contribution in [1.82, 2.24) is 9.97 Å². The average molecular weight is 390 g/mol. The summed E-state index contributed by atoms with van der Waals surface area (Å²) in [6.45, 7) is 3.75. The largest absolute Gasteiger partial charge is 0.468 e. The molecular weight excluding hydrogens is 370 g/mol. The lowest BCUT2D eigenvalue weighted by Crippen LogP contribution is -2.44. The van der Waals surface area contributed by atoms with Gasteiger partial charge >= 0.3 is 5.97 Å². The number of esters is 1. The summed E-state index contributed by atoms with van der Waals surface area (Å²) in [4.78, 5) is 21.9. The van der Waals surface area contributed by atoms with Gasteiger partial charge in [-0.25, -0.2) is 18.4 Å². The van der Waals surface area contributed by atoms with E-state index in [1.54, 1.807) is 6.07 Å². The van der Waals surface area contributed by atoms with Crippen LogP contribution in [0.15, 0.2) is 6.07 Å². The highest BCUT2D eigenvalue weighted by Gasteiger charge is 2.58. The van der Waals surface area contributed by atoms with Crippen LogP contribution in [-0.4, -0.2) is 63.0 Å². The Hall–Kier alpha value is -1.45. The number of nitrogens with zero attached hydrogens (tertiary/aromatic N) is 3. The Balaban J connectivity index is 1.96. The molecule has 1 saturated carbocycles. The van der Waals surface area contributed by atoms with Crippen molar-refractivity contribution in [3.8, 4) is 0 Å². The van der Waals surface area contributed by atoms with Crippen molar-refractivity contribution in [2.75, 3.05) is 37.5 Å². The summed E-state index contributed by atoms with van der Waals surface area (Å²) in [6.07, 6.45) is 0.801. The highest BCUT2D eigenvalue weighted by Crippen LogP contribution is 2.53. The Kier molecular flexibility index (Phi) is 4.91. The van der Waals surface area contributed by atoms with Crippen LogP contribution in [0.25, 0.3) is 0 Å². The van der Waals surface area contributed by atoms with Crippen molar-refractivity contribution < 1.29 is 22.7 Å². The molecule has 1 saturated heterocycles. The van der Waals surface area contributed by atoms with Gasteiger partial charge in [-0.05, 0) is 31.4 Å². The molecule has 0 radical (unpaired) electrons. The molecule has 2 fully saturated rings. The molecule has 2 heterocycles. The lowest BCUT2D eigenvalue weighted by atomic mass is 10.2. The molecule has 3 rings (SSSR count). The van der Waals surface area contributed by atoms with Gasteiger partial charge in [0.1, 0.15) is 16.3 Å². The number of carbonyl (C=O) groups is 1. The SMILES string of the molecule is COC(=O)CS(=O)(=O)C1(c2cc(N3CCOC[C@@H]3C)nc(Cl)n2)CC1. The van der Waals surface area contributed by atoms with Gasteiger partial charge in [0.05, 0.1) is 32.1 Å². The van der Waals surface area contributed by atoms with Gasteiger partial charge in [0.2, 0.25) is 5.28 Å². The Morgan fingerprint density at radius 2 is 2.20 bits per heavy atom. The van der Waals surface area contributed by atoms with E-state index in [0.29, 0.717) is 44.1 Å². The van der Waals surface area contributed by atoms with Crippen LogP contribution in [0.2, 0.25) is 5.28 Å². The zero-order chi connectivity index (χ0) is 18.2. The molecule has 0 amide bonds. The molecule has 0 unspecified atom stereocenters. The Bertz CT molecular complexity index is 781.